The Bertz CT molecular complexity index is 522. The van der Waals surface area contributed by atoms with Crippen LogP contribution in [0.5, 0.6) is 0 Å². The zero-order valence-electron chi connectivity index (χ0n) is 8.79. The third kappa shape index (κ3) is 2.03. The van der Waals surface area contributed by atoms with Gasteiger partial charge in [-0.3, -0.25) is 9.89 Å². The van der Waals surface area contributed by atoms with Gasteiger partial charge in [-0.15, -0.1) is 0 Å². The number of hydrogen-bond donors (Lipinski definition) is 1. The van der Waals surface area contributed by atoms with Gasteiger partial charge >= 0.3 is 5.97 Å². The summed E-state index contributed by atoms with van der Waals surface area (Å²) in [6.07, 6.45) is 0.0967. The highest BCUT2D eigenvalue weighted by Gasteiger charge is 2.11. The van der Waals surface area contributed by atoms with Crippen molar-refractivity contribution in [3.05, 3.63) is 29.7 Å². The predicted octanol–water partition coefficient (Wildman–Crippen LogP) is 1.81. The first-order valence-electron chi connectivity index (χ1n) is 4.99. The molecule has 0 saturated heterocycles. The molecule has 1 N–H and O–H groups in total. The van der Waals surface area contributed by atoms with E-state index < -0.39 is 0 Å². The molecule has 0 spiro atoms. The Morgan fingerprint density at radius 1 is 1.56 bits per heavy atom. The summed E-state index contributed by atoms with van der Waals surface area (Å²) in [7, 11) is 0. The van der Waals surface area contributed by atoms with Crippen LogP contribution in [0.3, 0.4) is 0 Å². The monoisotopic (exact) mass is 222 g/mol. The summed E-state index contributed by atoms with van der Waals surface area (Å²) in [5, 5.41) is 7.39. The summed E-state index contributed by atoms with van der Waals surface area (Å²) < 4.78 is 17.7. The molecule has 1 aromatic heterocycles. The summed E-state index contributed by atoms with van der Waals surface area (Å²) in [5.41, 5.74) is 1.16. The van der Waals surface area contributed by atoms with Gasteiger partial charge in [-0.25, -0.2) is 4.39 Å². The Kier molecular flexibility index (Phi) is 2.85. The Balaban J connectivity index is 2.28. The Morgan fingerprint density at radius 2 is 2.38 bits per heavy atom. The summed E-state index contributed by atoms with van der Waals surface area (Å²) in [4.78, 5) is 11.3. The molecule has 0 unspecified atom stereocenters. The number of carbonyl (C=O) groups excluding carboxylic acids is 1. The number of benzene rings is 1. The minimum Gasteiger partial charge on any atom is -0.466 e. The molecular formula is C11H11FN2O2. The summed E-state index contributed by atoms with van der Waals surface area (Å²) >= 11 is 0. The van der Waals surface area contributed by atoms with Gasteiger partial charge in [-0.05, 0) is 25.1 Å². The van der Waals surface area contributed by atoms with E-state index in [0.717, 1.165) is 5.39 Å². The second kappa shape index (κ2) is 4.30. The van der Waals surface area contributed by atoms with Crippen LogP contribution in [0.15, 0.2) is 18.2 Å². The van der Waals surface area contributed by atoms with Crippen molar-refractivity contribution in [2.45, 2.75) is 13.3 Å². The average Bonchev–Trinajstić information content (AvgIpc) is 2.61. The molecular weight excluding hydrogens is 211 g/mol. The summed E-state index contributed by atoms with van der Waals surface area (Å²) in [6, 6.07) is 4.28. The van der Waals surface area contributed by atoms with Crippen LogP contribution in [-0.4, -0.2) is 22.8 Å². The number of nitrogens with one attached hydrogen (secondary N) is 1. The standard InChI is InChI=1S/C11H11FN2O2/c1-2-16-11(15)6-10-8-4-3-7(12)5-9(8)13-14-10/h3-5H,2,6H2,1H3,(H,13,14). The lowest BCUT2D eigenvalue weighted by Gasteiger charge is -1.99. The van der Waals surface area contributed by atoms with Gasteiger partial charge in [0, 0.05) is 5.39 Å². The van der Waals surface area contributed by atoms with Crippen molar-refractivity contribution in [2.75, 3.05) is 6.61 Å². The minimum absolute atomic E-state index is 0.0967. The molecule has 2 rings (SSSR count). The van der Waals surface area contributed by atoms with Crippen LogP contribution < -0.4 is 0 Å². The van der Waals surface area contributed by atoms with Crippen molar-refractivity contribution < 1.29 is 13.9 Å². The second-order valence-electron chi connectivity index (χ2n) is 3.34. The van der Waals surface area contributed by atoms with Crippen molar-refractivity contribution in [3.8, 4) is 0 Å². The van der Waals surface area contributed by atoms with Crippen molar-refractivity contribution in [2.24, 2.45) is 0 Å². The lowest BCUT2D eigenvalue weighted by atomic mass is 10.1. The zero-order chi connectivity index (χ0) is 11.5. The quantitative estimate of drug-likeness (QED) is 0.806. The van der Waals surface area contributed by atoms with Crippen LogP contribution in [0, 0.1) is 5.82 Å². The smallest absolute Gasteiger partial charge is 0.311 e. The van der Waals surface area contributed by atoms with Crippen molar-refractivity contribution in [1.82, 2.24) is 10.2 Å². The fourth-order valence-electron chi connectivity index (χ4n) is 1.53. The van der Waals surface area contributed by atoms with Gasteiger partial charge in [-0.1, -0.05) is 0 Å². The van der Waals surface area contributed by atoms with E-state index >= 15 is 0 Å². The minimum atomic E-state index is -0.334. The van der Waals surface area contributed by atoms with Crippen molar-refractivity contribution in [1.29, 1.82) is 0 Å². The van der Waals surface area contributed by atoms with E-state index in [2.05, 4.69) is 10.2 Å². The van der Waals surface area contributed by atoms with E-state index in [4.69, 9.17) is 4.74 Å². The topological polar surface area (TPSA) is 55.0 Å². The number of hydrogen-bond acceptors (Lipinski definition) is 3. The molecule has 16 heavy (non-hydrogen) atoms. The maximum absolute atomic E-state index is 12.9. The Labute approximate surface area is 91.4 Å². The number of H-pyrrole nitrogens is 1. The fourth-order valence-corrected chi connectivity index (χ4v) is 1.53. The number of fused-ring (bicyclic) bond motifs is 1. The van der Waals surface area contributed by atoms with Gasteiger partial charge in [0.1, 0.15) is 5.82 Å². The molecule has 0 aliphatic rings. The van der Waals surface area contributed by atoms with E-state index in [9.17, 15) is 9.18 Å². The third-order valence-electron chi connectivity index (χ3n) is 2.22. The maximum atomic E-state index is 12.9. The number of carbonyl (C=O) groups is 1. The van der Waals surface area contributed by atoms with Crippen LogP contribution in [-0.2, 0) is 16.0 Å². The molecule has 84 valence electrons. The first-order chi connectivity index (χ1) is 7.70. The molecule has 0 aliphatic carbocycles. The van der Waals surface area contributed by atoms with Crippen molar-refractivity contribution >= 4 is 16.9 Å². The van der Waals surface area contributed by atoms with Crippen LogP contribution in [0.2, 0.25) is 0 Å². The first-order valence-corrected chi connectivity index (χ1v) is 4.99. The molecule has 4 nitrogen and oxygen atoms in total. The third-order valence-corrected chi connectivity index (χ3v) is 2.22. The van der Waals surface area contributed by atoms with Gasteiger partial charge in [0.15, 0.2) is 0 Å². The van der Waals surface area contributed by atoms with E-state index in [-0.39, 0.29) is 18.2 Å². The highest BCUT2D eigenvalue weighted by molar-refractivity contribution is 5.85. The van der Waals surface area contributed by atoms with Gasteiger partial charge < -0.3 is 4.74 Å². The first kappa shape index (κ1) is 10.6. The largest absolute Gasteiger partial charge is 0.466 e. The van der Waals surface area contributed by atoms with Gasteiger partial charge in [0.2, 0.25) is 0 Å². The SMILES string of the molecule is CCOC(=O)Cc1n[nH]c2cc(F)ccc12. The van der Waals surface area contributed by atoms with Crippen molar-refractivity contribution in [3.63, 3.8) is 0 Å². The molecule has 1 aromatic carbocycles. The van der Waals surface area contributed by atoms with E-state index in [0.29, 0.717) is 17.8 Å². The number of rotatable bonds is 3. The highest BCUT2D eigenvalue weighted by atomic mass is 19.1. The summed E-state index contributed by atoms with van der Waals surface area (Å²) in [5.74, 6) is -0.668. The number of esters is 1. The fraction of sp³-hybridized carbons (Fsp3) is 0.273. The zero-order valence-corrected chi connectivity index (χ0v) is 8.79. The number of ether oxygens (including phenoxy) is 1. The molecule has 0 saturated carbocycles. The second-order valence-corrected chi connectivity index (χ2v) is 3.34. The summed E-state index contributed by atoms with van der Waals surface area (Å²) in [6.45, 7) is 2.09. The van der Waals surface area contributed by atoms with E-state index in [1.807, 2.05) is 0 Å². The normalized spacial score (nSPS) is 10.6. The van der Waals surface area contributed by atoms with E-state index in [1.54, 1.807) is 13.0 Å². The molecule has 5 heteroatoms. The molecule has 0 amide bonds. The lowest BCUT2D eigenvalue weighted by molar-refractivity contribution is -0.142. The molecule has 0 atom stereocenters. The van der Waals surface area contributed by atoms with Crippen LogP contribution in [0.1, 0.15) is 12.6 Å². The Hall–Kier alpha value is -1.91. The van der Waals surface area contributed by atoms with Crippen LogP contribution >= 0.6 is 0 Å². The predicted molar refractivity (Wildman–Crippen MR) is 56.4 cm³/mol. The van der Waals surface area contributed by atoms with Crippen LogP contribution in [0.25, 0.3) is 10.9 Å². The lowest BCUT2D eigenvalue weighted by Crippen LogP contribution is -2.07. The molecule has 2 aromatic rings. The van der Waals surface area contributed by atoms with E-state index in [1.165, 1.54) is 12.1 Å². The highest BCUT2D eigenvalue weighted by Crippen LogP contribution is 2.17. The number of halogens is 1. The molecule has 0 fully saturated rings. The maximum Gasteiger partial charge on any atom is 0.311 e. The van der Waals surface area contributed by atoms with Gasteiger partial charge in [-0.2, -0.15) is 5.10 Å². The number of nitrogens with zero attached hydrogens (tertiary/aromatic N) is 1. The molecule has 1 heterocycles. The molecule has 0 radical (unpaired) electrons. The number of aromatic amines is 1. The van der Waals surface area contributed by atoms with Gasteiger partial charge in [0.25, 0.3) is 0 Å². The molecule has 0 bridgehead atoms. The Morgan fingerprint density at radius 3 is 3.12 bits per heavy atom. The van der Waals surface area contributed by atoms with Gasteiger partial charge in [0.05, 0.1) is 24.2 Å². The van der Waals surface area contributed by atoms with Crippen LogP contribution in [0.4, 0.5) is 4.39 Å². The average molecular weight is 222 g/mol. The molecule has 0 aliphatic heterocycles. The number of aromatic nitrogens is 2.